The van der Waals surface area contributed by atoms with Gasteiger partial charge in [0.2, 0.25) is 0 Å². The maximum absolute atomic E-state index is 12.9. The summed E-state index contributed by atoms with van der Waals surface area (Å²) in [6.07, 6.45) is 0.793. The van der Waals surface area contributed by atoms with Gasteiger partial charge in [0.15, 0.2) is 0 Å². The summed E-state index contributed by atoms with van der Waals surface area (Å²) in [7, 11) is 0. The van der Waals surface area contributed by atoms with E-state index in [1.54, 1.807) is 12.1 Å². The van der Waals surface area contributed by atoms with Crippen LogP contribution < -0.4 is 5.32 Å². The van der Waals surface area contributed by atoms with Crippen LogP contribution >= 0.6 is 11.6 Å². The van der Waals surface area contributed by atoms with Crippen LogP contribution in [0, 0.1) is 11.2 Å². The lowest BCUT2D eigenvalue weighted by Crippen LogP contribution is -2.33. The Bertz CT molecular complexity index is 368. The van der Waals surface area contributed by atoms with E-state index in [9.17, 15) is 4.39 Å². The molecule has 0 atom stereocenters. The molecule has 0 unspecified atom stereocenters. The van der Waals surface area contributed by atoms with Crippen LogP contribution in [0.3, 0.4) is 0 Å². The summed E-state index contributed by atoms with van der Waals surface area (Å²) in [5, 5.41) is 12.5. The van der Waals surface area contributed by atoms with Crippen LogP contribution in [0.25, 0.3) is 0 Å². The van der Waals surface area contributed by atoms with E-state index in [1.807, 2.05) is 13.8 Å². The first-order valence-electron chi connectivity index (χ1n) is 5.70. The van der Waals surface area contributed by atoms with Crippen molar-refractivity contribution in [2.45, 2.75) is 20.3 Å². The van der Waals surface area contributed by atoms with Crippen LogP contribution in [0.5, 0.6) is 0 Å². The van der Waals surface area contributed by atoms with E-state index in [1.165, 1.54) is 6.07 Å². The first kappa shape index (κ1) is 14.4. The molecule has 0 saturated carbocycles. The Labute approximate surface area is 107 Å². The summed E-state index contributed by atoms with van der Waals surface area (Å²) in [6.45, 7) is 5.68. The van der Waals surface area contributed by atoms with Crippen molar-refractivity contribution in [1.82, 2.24) is 5.32 Å². The number of nitrogens with one attached hydrogen (secondary N) is 1. The lowest BCUT2D eigenvalue weighted by atomic mass is 9.95. The van der Waals surface area contributed by atoms with Crippen LogP contribution in [-0.2, 0) is 6.42 Å². The van der Waals surface area contributed by atoms with Gasteiger partial charge in [-0.25, -0.2) is 4.39 Å². The molecule has 0 aromatic heterocycles. The minimum absolute atomic E-state index is 0.111. The number of hydrogen-bond donors (Lipinski definition) is 2. The van der Waals surface area contributed by atoms with Gasteiger partial charge >= 0.3 is 0 Å². The Balaban J connectivity index is 2.34. The second-order valence-corrected chi connectivity index (χ2v) is 5.40. The monoisotopic (exact) mass is 259 g/mol. The third kappa shape index (κ3) is 5.02. The fourth-order valence-electron chi connectivity index (χ4n) is 1.41. The third-order valence-electron chi connectivity index (χ3n) is 2.61. The molecule has 2 nitrogen and oxygen atoms in total. The molecule has 0 bridgehead atoms. The molecule has 0 fully saturated rings. The Hall–Kier alpha value is -0.640. The van der Waals surface area contributed by atoms with Crippen molar-refractivity contribution >= 4 is 11.6 Å². The molecule has 0 amide bonds. The standard InChI is InChI=1S/C13H19ClFNO/c1-13(2,9-17)8-16-6-5-10-3-4-12(15)11(14)7-10/h3-4,7,16-17H,5-6,8-9H2,1-2H3. The average molecular weight is 260 g/mol. The van der Waals surface area contributed by atoms with Gasteiger partial charge in [0, 0.05) is 18.6 Å². The van der Waals surface area contributed by atoms with Crippen molar-refractivity contribution in [3.63, 3.8) is 0 Å². The van der Waals surface area contributed by atoms with E-state index >= 15 is 0 Å². The molecule has 96 valence electrons. The van der Waals surface area contributed by atoms with Gasteiger partial charge < -0.3 is 10.4 Å². The van der Waals surface area contributed by atoms with Crippen LogP contribution in [-0.4, -0.2) is 24.8 Å². The molecule has 0 saturated heterocycles. The van der Waals surface area contributed by atoms with Crippen LogP contribution in [0.2, 0.25) is 5.02 Å². The Kier molecular flexibility index (Phi) is 5.37. The van der Waals surface area contributed by atoms with E-state index in [0.29, 0.717) is 0 Å². The summed E-state index contributed by atoms with van der Waals surface area (Å²) in [6, 6.07) is 4.77. The van der Waals surface area contributed by atoms with Gasteiger partial charge in [-0.2, -0.15) is 0 Å². The predicted molar refractivity (Wildman–Crippen MR) is 68.9 cm³/mol. The predicted octanol–water partition coefficient (Wildman–Crippen LogP) is 2.63. The summed E-state index contributed by atoms with van der Waals surface area (Å²) < 4.78 is 12.9. The molecule has 0 radical (unpaired) electrons. The quantitative estimate of drug-likeness (QED) is 0.770. The largest absolute Gasteiger partial charge is 0.396 e. The summed E-state index contributed by atoms with van der Waals surface area (Å²) in [4.78, 5) is 0. The van der Waals surface area contributed by atoms with Crippen molar-refractivity contribution < 1.29 is 9.50 Å². The highest BCUT2D eigenvalue weighted by Gasteiger charge is 2.15. The molecule has 0 spiro atoms. The molecule has 2 N–H and O–H groups in total. The maximum atomic E-state index is 12.9. The minimum atomic E-state index is -0.384. The van der Waals surface area contributed by atoms with Crippen molar-refractivity contribution in [1.29, 1.82) is 0 Å². The normalized spacial score (nSPS) is 11.8. The van der Waals surface area contributed by atoms with E-state index in [4.69, 9.17) is 16.7 Å². The molecule has 1 aromatic carbocycles. The molecule has 1 rings (SSSR count). The Morgan fingerprint density at radius 2 is 2.12 bits per heavy atom. The van der Waals surface area contributed by atoms with Gasteiger partial charge in [0.1, 0.15) is 5.82 Å². The Morgan fingerprint density at radius 1 is 1.41 bits per heavy atom. The lowest BCUT2D eigenvalue weighted by Gasteiger charge is -2.21. The van der Waals surface area contributed by atoms with Crippen LogP contribution in [0.4, 0.5) is 4.39 Å². The van der Waals surface area contributed by atoms with Crippen LogP contribution in [0.1, 0.15) is 19.4 Å². The van der Waals surface area contributed by atoms with Gasteiger partial charge in [0.25, 0.3) is 0 Å². The first-order chi connectivity index (χ1) is 7.94. The first-order valence-corrected chi connectivity index (χ1v) is 6.08. The topological polar surface area (TPSA) is 32.3 Å². The lowest BCUT2D eigenvalue weighted by molar-refractivity contribution is 0.157. The maximum Gasteiger partial charge on any atom is 0.141 e. The fraction of sp³-hybridized carbons (Fsp3) is 0.538. The number of halogens is 2. The average Bonchev–Trinajstić information content (AvgIpc) is 2.29. The summed E-state index contributed by atoms with van der Waals surface area (Å²) in [5.74, 6) is -0.384. The highest BCUT2D eigenvalue weighted by atomic mass is 35.5. The van der Waals surface area contributed by atoms with Crippen molar-refractivity contribution in [3.05, 3.63) is 34.6 Å². The van der Waals surface area contributed by atoms with E-state index < -0.39 is 0 Å². The summed E-state index contributed by atoms with van der Waals surface area (Å²) >= 11 is 5.69. The van der Waals surface area contributed by atoms with Gasteiger partial charge in [-0.1, -0.05) is 31.5 Å². The molecule has 0 aliphatic heterocycles. The Morgan fingerprint density at radius 3 is 2.71 bits per heavy atom. The van der Waals surface area contributed by atoms with E-state index in [2.05, 4.69) is 5.32 Å². The van der Waals surface area contributed by atoms with Gasteiger partial charge in [0.05, 0.1) is 5.02 Å². The molecule has 0 heterocycles. The number of hydrogen-bond acceptors (Lipinski definition) is 2. The highest BCUT2D eigenvalue weighted by molar-refractivity contribution is 6.30. The highest BCUT2D eigenvalue weighted by Crippen LogP contribution is 2.16. The molecular weight excluding hydrogens is 241 g/mol. The van der Waals surface area contributed by atoms with Crippen molar-refractivity contribution in [2.24, 2.45) is 5.41 Å². The van der Waals surface area contributed by atoms with Crippen molar-refractivity contribution in [3.8, 4) is 0 Å². The van der Waals surface area contributed by atoms with E-state index in [-0.39, 0.29) is 22.9 Å². The number of benzene rings is 1. The zero-order valence-corrected chi connectivity index (χ0v) is 11.0. The molecule has 17 heavy (non-hydrogen) atoms. The molecule has 1 aromatic rings. The van der Waals surface area contributed by atoms with Gasteiger partial charge in [-0.3, -0.25) is 0 Å². The third-order valence-corrected chi connectivity index (χ3v) is 2.90. The minimum Gasteiger partial charge on any atom is -0.396 e. The zero-order valence-electron chi connectivity index (χ0n) is 10.3. The fourth-order valence-corrected chi connectivity index (χ4v) is 1.61. The van der Waals surface area contributed by atoms with Crippen molar-refractivity contribution in [2.75, 3.05) is 19.7 Å². The second kappa shape index (κ2) is 6.34. The number of rotatable bonds is 6. The van der Waals surface area contributed by atoms with Gasteiger partial charge in [-0.05, 0) is 30.7 Å². The molecule has 0 aliphatic rings. The molecule has 4 heteroatoms. The molecule has 0 aliphatic carbocycles. The number of aliphatic hydroxyl groups excluding tert-OH is 1. The smallest absolute Gasteiger partial charge is 0.141 e. The van der Waals surface area contributed by atoms with Crippen LogP contribution in [0.15, 0.2) is 18.2 Å². The molecular formula is C13H19ClFNO. The number of aliphatic hydroxyl groups is 1. The zero-order chi connectivity index (χ0) is 12.9. The SMILES string of the molecule is CC(C)(CO)CNCCc1ccc(F)c(Cl)c1. The second-order valence-electron chi connectivity index (χ2n) is 5.00. The van der Waals surface area contributed by atoms with Gasteiger partial charge in [-0.15, -0.1) is 0 Å². The summed E-state index contributed by atoms with van der Waals surface area (Å²) in [5.41, 5.74) is 0.895. The van der Waals surface area contributed by atoms with E-state index in [0.717, 1.165) is 25.1 Å².